The number of hydrogen-bond donors (Lipinski definition) is 0. The number of nitrogens with zero attached hydrogens (tertiary/aromatic N) is 2. The number of amides is 1. The molecule has 1 saturated heterocycles. The lowest BCUT2D eigenvalue weighted by molar-refractivity contribution is -0.137. The van der Waals surface area contributed by atoms with Gasteiger partial charge in [-0.25, -0.2) is 8.42 Å². The monoisotopic (exact) mass is 406 g/mol. The van der Waals surface area contributed by atoms with E-state index in [1.807, 2.05) is 31.9 Å². The molecule has 156 valence electrons. The lowest BCUT2D eigenvalue weighted by Crippen LogP contribution is -2.46. The van der Waals surface area contributed by atoms with Crippen LogP contribution in [0, 0.1) is 19.8 Å². The molecule has 2 fully saturated rings. The van der Waals surface area contributed by atoms with Crippen molar-refractivity contribution in [1.82, 2.24) is 9.21 Å². The van der Waals surface area contributed by atoms with Crippen molar-refractivity contribution in [1.29, 1.82) is 0 Å². The number of carbonyl (C=O) groups excluding carboxylic acids is 1. The van der Waals surface area contributed by atoms with Crippen LogP contribution in [0.5, 0.6) is 0 Å². The van der Waals surface area contributed by atoms with Gasteiger partial charge in [0.1, 0.15) is 0 Å². The lowest BCUT2D eigenvalue weighted by Gasteiger charge is -2.35. The summed E-state index contributed by atoms with van der Waals surface area (Å²) in [6.07, 6.45) is 8.37. The van der Waals surface area contributed by atoms with E-state index in [0.29, 0.717) is 36.9 Å². The molecule has 1 saturated carbocycles. The summed E-state index contributed by atoms with van der Waals surface area (Å²) in [4.78, 5) is 15.3. The molecule has 0 spiro atoms. The van der Waals surface area contributed by atoms with Gasteiger partial charge in [0.2, 0.25) is 15.9 Å². The molecule has 0 bridgehead atoms. The molecule has 6 heteroatoms. The Morgan fingerprint density at radius 2 is 1.57 bits per heavy atom. The summed E-state index contributed by atoms with van der Waals surface area (Å²) in [7, 11) is -1.55. The largest absolute Gasteiger partial charge is 0.343 e. The van der Waals surface area contributed by atoms with Crippen molar-refractivity contribution in [3.8, 4) is 0 Å². The number of sulfonamides is 1. The molecular formula is C22H34N2O3S. The second-order valence-corrected chi connectivity index (χ2v) is 10.5. The Balaban J connectivity index is 1.61. The number of piperidine rings is 1. The van der Waals surface area contributed by atoms with Crippen LogP contribution in [0.3, 0.4) is 0 Å². The average molecular weight is 407 g/mol. The predicted molar refractivity (Wildman–Crippen MR) is 112 cm³/mol. The minimum Gasteiger partial charge on any atom is -0.343 e. The zero-order valence-electron chi connectivity index (χ0n) is 17.5. The second kappa shape index (κ2) is 8.95. The van der Waals surface area contributed by atoms with E-state index in [0.717, 1.165) is 24.0 Å². The standard InChI is InChI=1S/C22H34N2O3S/c1-17-10-11-21(16-18(17)2)28(26,27)24-14-12-19(13-15-24)22(25)23(3)20-8-6-4-5-7-9-20/h10-11,16,19-20H,4-9,12-15H2,1-3H3. The predicted octanol–water partition coefficient (Wildman–Crippen LogP) is 3.89. The maximum Gasteiger partial charge on any atom is 0.243 e. The van der Waals surface area contributed by atoms with E-state index in [1.165, 1.54) is 25.7 Å². The Morgan fingerprint density at radius 3 is 2.14 bits per heavy atom. The summed E-state index contributed by atoms with van der Waals surface area (Å²) < 4.78 is 27.5. The van der Waals surface area contributed by atoms with Crippen molar-refractivity contribution in [2.24, 2.45) is 5.92 Å². The van der Waals surface area contributed by atoms with E-state index in [1.54, 1.807) is 16.4 Å². The van der Waals surface area contributed by atoms with Crippen LogP contribution in [0.25, 0.3) is 0 Å². The third-order valence-electron chi connectivity index (χ3n) is 6.64. The van der Waals surface area contributed by atoms with Crippen molar-refractivity contribution < 1.29 is 13.2 Å². The number of hydrogen-bond acceptors (Lipinski definition) is 3. The number of carbonyl (C=O) groups is 1. The summed E-state index contributed by atoms with van der Waals surface area (Å²) in [6.45, 7) is 4.75. The van der Waals surface area contributed by atoms with E-state index in [-0.39, 0.29) is 11.8 Å². The second-order valence-electron chi connectivity index (χ2n) is 8.52. The van der Waals surface area contributed by atoms with Crippen LogP contribution in [0.4, 0.5) is 0 Å². The first-order valence-electron chi connectivity index (χ1n) is 10.6. The summed E-state index contributed by atoms with van der Waals surface area (Å²) in [5.74, 6) is 0.148. The van der Waals surface area contributed by atoms with Crippen molar-refractivity contribution in [3.63, 3.8) is 0 Å². The molecule has 28 heavy (non-hydrogen) atoms. The Morgan fingerprint density at radius 1 is 0.964 bits per heavy atom. The quantitative estimate of drug-likeness (QED) is 0.713. The van der Waals surface area contributed by atoms with Gasteiger partial charge in [-0.3, -0.25) is 4.79 Å². The molecule has 2 aliphatic rings. The van der Waals surface area contributed by atoms with Gasteiger partial charge in [0.15, 0.2) is 0 Å². The lowest BCUT2D eigenvalue weighted by atomic mass is 9.95. The summed E-state index contributed by atoms with van der Waals surface area (Å²) in [6, 6.07) is 5.66. The van der Waals surface area contributed by atoms with Crippen LogP contribution >= 0.6 is 0 Å². The van der Waals surface area contributed by atoms with Crippen LogP contribution in [0.1, 0.15) is 62.5 Å². The van der Waals surface area contributed by atoms with Gasteiger partial charge in [-0.05, 0) is 62.8 Å². The molecule has 1 aliphatic heterocycles. The van der Waals surface area contributed by atoms with E-state index in [9.17, 15) is 13.2 Å². The van der Waals surface area contributed by atoms with Crippen molar-refractivity contribution in [2.75, 3.05) is 20.1 Å². The summed E-state index contributed by atoms with van der Waals surface area (Å²) in [5, 5.41) is 0. The maximum atomic E-state index is 13.0. The minimum atomic E-state index is -3.49. The van der Waals surface area contributed by atoms with Gasteiger partial charge in [0.05, 0.1) is 4.90 Å². The van der Waals surface area contributed by atoms with E-state index in [2.05, 4.69) is 0 Å². The van der Waals surface area contributed by atoms with Gasteiger partial charge in [0.25, 0.3) is 0 Å². The third-order valence-corrected chi connectivity index (χ3v) is 8.53. The Kier molecular flexibility index (Phi) is 6.81. The molecule has 0 N–H and O–H groups in total. The molecular weight excluding hydrogens is 372 g/mol. The van der Waals surface area contributed by atoms with Crippen molar-refractivity contribution in [2.45, 2.75) is 76.2 Å². The highest BCUT2D eigenvalue weighted by atomic mass is 32.2. The van der Waals surface area contributed by atoms with Crippen molar-refractivity contribution in [3.05, 3.63) is 29.3 Å². The number of rotatable bonds is 4. The summed E-state index contributed by atoms with van der Waals surface area (Å²) in [5.41, 5.74) is 2.07. The Labute approximate surface area is 170 Å². The van der Waals surface area contributed by atoms with Gasteiger partial charge < -0.3 is 4.90 Å². The highest BCUT2D eigenvalue weighted by Crippen LogP contribution is 2.28. The SMILES string of the molecule is Cc1ccc(S(=O)(=O)N2CCC(C(=O)N(C)C3CCCCCC3)CC2)cc1C. The molecule has 1 aromatic rings. The van der Waals surface area contributed by atoms with Crippen LogP contribution < -0.4 is 0 Å². The normalized spacial score (nSPS) is 20.7. The topological polar surface area (TPSA) is 57.7 Å². The average Bonchev–Trinajstić information content (AvgIpc) is 2.98. The minimum absolute atomic E-state index is 0.0561. The smallest absolute Gasteiger partial charge is 0.243 e. The molecule has 1 heterocycles. The molecule has 1 amide bonds. The van der Waals surface area contributed by atoms with Crippen molar-refractivity contribution >= 4 is 15.9 Å². The molecule has 5 nitrogen and oxygen atoms in total. The van der Waals surface area contributed by atoms with E-state index < -0.39 is 10.0 Å². The third kappa shape index (κ3) is 4.60. The zero-order chi connectivity index (χ0) is 20.3. The number of aryl methyl sites for hydroxylation is 2. The highest BCUT2D eigenvalue weighted by molar-refractivity contribution is 7.89. The zero-order valence-corrected chi connectivity index (χ0v) is 18.3. The van der Waals surface area contributed by atoms with Gasteiger partial charge in [-0.15, -0.1) is 0 Å². The summed E-state index contributed by atoms with van der Waals surface area (Å²) >= 11 is 0. The molecule has 0 aromatic heterocycles. The highest BCUT2D eigenvalue weighted by Gasteiger charge is 2.34. The first-order valence-corrected chi connectivity index (χ1v) is 12.1. The molecule has 0 radical (unpaired) electrons. The van der Waals surface area contributed by atoms with Crippen LogP contribution in [0.2, 0.25) is 0 Å². The Hall–Kier alpha value is -1.40. The number of benzene rings is 1. The van der Waals surface area contributed by atoms with E-state index in [4.69, 9.17) is 0 Å². The van der Waals surface area contributed by atoms with Crippen LogP contribution in [-0.2, 0) is 14.8 Å². The van der Waals surface area contributed by atoms with Crippen LogP contribution in [0.15, 0.2) is 23.1 Å². The maximum absolute atomic E-state index is 13.0. The van der Waals surface area contributed by atoms with Crippen LogP contribution in [-0.4, -0.2) is 49.7 Å². The molecule has 0 atom stereocenters. The first kappa shape index (κ1) is 21.3. The molecule has 1 aliphatic carbocycles. The van der Waals surface area contributed by atoms with Gasteiger partial charge in [-0.1, -0.05) is 31.7 Å². The molecule has 1 aromatic carbocycles. The van der Waals surface area contributed by atoms with E-state index >= 15 is 0 Å². The van der Waals surface area contributed by atoms with Gasteiger partial charge >= 0.3 is 0 Å². The fourth-order valence-corrected chi connectivity index (χ4v) is 6.03. The molecule has 3 rings (SSSR count). The van der Waals surface area contributed by atoms with Gasteiger partial charge in [0, 0.05) is 32.1 Å². The fraction of sp³-hybridized carbons (Fsp3) is 0.682. The molecule has 0 unspecified atom stereocenters. The van der Waals surface area contributed by atoms with Gasteiger partial charge in [-0.2, -0.15) is 4.31 Å². The first-order chi connectivity index (χ1) is 13.3. The Bertz CT molecular complexity index is 790. The fourth-order valence-electron chi connectivity index (χ4n) is 4.48.